The van der Waals surface area contributed by atoms with Gasteiger partial charge in [-0.3, -0.25) is 48.1 Å². The zero-order valence-electron chi connectivity index (χ0n) is 49.0. The van der Waals surface area contributed by atoms with Crippen LogP contribution >= 0.6 is 0 Å². The first-order valence-corrected chi connectivity index (χ1v) is 28.7. The number of aromatic nitrogens is 3. The number of aromatic amines is 2. The molecule has 1 aliphatic rings. The molecule has 9 amide bonds. The number of para-hydroxylation sites is 1. The van der Waals surface area contributed by atoms with E-state index in [0.717, 1.165) is 11.8 Å². The highest BCUT2D eigenvalue weighted by molar-refractivity contribution is 5.99. The number of carboxylic acids is 1. The third-order valence-corrected chi connectivity index (χ3v) is 14.6. The molecule has 22 N–H and O–H groups in total. The lowest BCUT2D eigenvalue weighted by atomic mass is 10.0. The summed E-state index contributed by atoms with van der Waals surface area (Å²) >= 11 is 0. The second-order valence-corrected chi connectivity index (χ2v) is 21.4. The van der Waals surface area contributed by atoms with Crippen LogP contribution in [0.1, 0.15) is 55.0 Å². The van der Waals surface area contributed by atoms with Gasteiger partial charge in [0.1, 0.15) is 59.8 Å². The lowest BCUT2D eigenvalue weighted by Gasteiger charge is -2.30. The molecule has 484 valence electrons. The summed E-state index contributed by atoms with van der Waals surface area (Å²) in [4.78, 5) is 152. The Morgan fingerprint density at radius 3 is 1.90 bits per heavy atom. The number of aliphatic hydroxyl groups excluding tert-OH is 3. The quantitative estimate of drug-likeness (QED) is 0.0106. The largest absolute Gasteiger partial charge is 0.508 e. The van der Waals surface area contributed by atoms with E-state index in [4.69, 9.17) is 17.2 Å². The van der Waals surface area contributed by atoms with E-state index in [9.17, 15) is 78.6 Å². The van der Waals surface area contributed by atoms with Gasteiger partial charge in [-0.2, -0.15) is 0 Å². The maximum Gasteiger partial charge on any atom is 0.326 e. The number of nitrogens with two attached hydrogens (primary N) is 3. The Bertz CT molecular complexity index is 3320. The molecule has 0 spiro atoms. The molecule has 90 heavy (non-hydrogen) atoms. The fourth-order valence-electron chi connectivity index (χ4n) is 9.80. The zero-order chi connectivity index (χ0) is 65.6. The highest BCUT2D eigenvalue weighted by Crippen LogP contribution is 2.22. The maximum absolute atomic E-state index is 14.6. The number of aliphatic carboxylic acids is 1. The van der Waals surface area contributed by atoms with Crippen molar-refractivity contribution < 1.29 is 78.6 Å². The molecule has 0 saturated carbocycles. The van der Waals surface area contributed by atoms with Crippen LogP contribution < -0.4 is 59.7 Å². The van der Waals surface area contributed by atoms with Crippen LogP contribution in [-0.2, 0) is 73.6 Å². The van der Waals surface area contributed by atoms with E-state index in [1.807, 2.05) is 0 Å². The van der Waals surface area contributed by atoms with Crippen LogP contribution in [0.3, 0.4) is 0 Å². The number of rotatable bonds is 33. The molecule has 32 heteroatoms. The van der Waals surface area contributed by atoms with Crippen LogP contribution in [0.2, 0.25) is 0 Å². The number of H-pyrrole nitrogens is 2. The molecule has 0 unspecified atom stereocenters. The van der Waals surface area contributed by atoms with Crippen molar-refractivity contribution >= 4 is 76.0 Å². The molecule has 0 bridgehead atoms. The van der Waals surface area contributed by atoms with Gasteiger partial charge in [0.2, 0.25) is 53.2 Å². The summed E-state index contributed by atoms with van der Waals surface area (Å²) in [6.07, 6.45) is 2.50. The van der Waals surface area contributed by atoms with E-state index in [0.29, 0.717) is 33.3 Å². The summed E-state index contributed by atoms with van der Waals surface area (Å²) in [5.74, 6) is -10.3. The highest BCUT2D eigenvalue weighted by atomic mass is 16.4. The van der Waals surface area contributed by atoms with Gasteiger partial charge in [-0.25, -0.2) is 9.78 Å². The van der Waals surface area contributed by atoms with Crippen LogP contribution in [0.5, 0.6) is 11.5 Å². The number of likely N-dealkylation sites (tertiary alicyclic amines) is 1. The second-order valence-electron chi connectivity index (χ2n) is 21.4. The topological polar surface area (TPSA) is 526 Å². The molecule has 32 nitrogen and oxygen atoms in total. The number of hydrogen-bond donors (Lipinski definition) is 19. The van der Waals surface area contributed by atoms with Crippen molar-refractivity contribution in [3.05, 3.63) is 114 Å². The van der Waals surface area contributed by atoms with Gasteiger partial charge in [0.25, 0.3) is 0 Å². The van der Waals surface area contributed by atoms with Gasteiger partial charge in [0.05, 0.1) is 38.2 Å². The standard InChI is InChI=1S/C58H76N16O16/c1-30(77)48(55(87)71-43(57(89)90)21-32-12-16-36(79)17-13-32)73-53(85)44(27-75)67-47(80)26-65-50(82)41(22-33-24-64-39-7-3-2-6-37(33)39)69-52(84)42(23-34-25-62-29-66-34)70-54(86)46-9-5-19-74(46)56(88)45(28-76)72-51(83)40(8-4-18-63-58(60)61)68-49(81)38(59)20-31-10-14-35(78)15-11-31/h2-3,6-7,10-17,24-25,29-30,38,40-46,48,64,75-79H,4-5,8-9,18-23,26-28,59H2,1H3,(H,62,66)(H,65,82)(H,67,80)(H,68,81)(H,69,84)(H,70,86)(H,71,87)(H,72,83)(H,73,85)(H,89,90)(H4,60,61,63)/t30-,38+,40+,41+,42+,43+,44+,45+,46+,48+/m1/s1. The third kappa shape index (κ3) is 20.2. The Morgan fingerprint density at radius 1 is 0.678 bits per heavy atom. The molecular formula is C58H76N16O16. The third-order valence-electron chi connectivity index (χ3n) is 14.6. The average molecular weight is 1250 g/mol. The Labute approximate surface area is 514 Å². The minimum atomic E-state index is -1.79. The molecule has 5 aromatic rings. The number of carboxylic acid groups (broad SMARTS) is 1. The van der Waals surface area contributed by atoms with Gasteiger partial charge in [-0.15, -0.1) is 0 Å². The fourth-order valence-corrected chi connectivity index (χ4v) is 9.80. The minimum Gasteiger partial charge on any atom is -0.508 e. The van der Waals surface area contributed by atoms with E-state index in [2.05, 4.69) is 62.5 Å². The lowest BCUT2D eigenvalue weighted by molar-refractivity contribution is -0.143. The van der Waals surface area contributed by atoms with Crippen molar-refractivity contribution in [1.82, 2.24) is 62.4 Å². The fraction of sp³-hybridized carbons (Fsp3) is 0.414. The van der Waals surface area contributed by atoms with Crippen molar-refractivity contribution in [3.8, 4) is 11.5 Å². The number of amides is 9. The Hall–Kier alpha value is -10.2. The lowest BCUT2D eigenvalue weighted by Crippen LogP contribution is -2.61. The van der Waals surface area contributed by atoms with E-state index >= 15 is 0 Å². The van der Waals surface area contributed by atoms with Gasteiger partial charge in [0, 0.05) is 61.3 Å². The first kappa shape index (κ1) is 68.9. The van der Waals surface area contributed by atoms with E-state index in [1.54, 1.807) is 42.6 Å². The molecule has 1 saturated heterocycles. The molecule has 6 rings (SSSR count). The number of aliphatic hydroxyl groups is 3. The molecule has 0 radical (unpaired) electrons. The van der Waals surface area contributed by atoms with E-state index in [-0.39, 0.29) is 81.9 Å². The van der Waals surface area contributed by atoms with Crippen molar-refractivity contribution in [2.24, 2.45) is 22.2 Å². The normalized spacial score (nSPS) is 15.8. The number of carbonyl (C=O) groups excluding carboxylic acids is 9. The second kappa shape index (κ2) is 33.2. The molecule has 2 aromatic heterocycles. The zero-order valence-corrected chi connectivity index (χ0v) is 49.0. The summed E-state index contributed by atoms with van der Waals surface area (Å²) < 4.78 is 0. The summed E-state index contributed by atoms with van der Waals surface area (Å²) in [5.41, 5.74) is 19.7. The molecule has 10 atom stereocenters. The minimum absolute atomic E-state index is 0.00147. The number of aliphatic imine (C=N–C) groups is 1. The SMILES string of the molecule is C[C@@H](O)[C@H](NC(=O)[C@H](CO)NC(=O)CNC(=O)[C@H](Cc1c[nH]c2ccccc12)NC(=O)[C@H](Cc1cnc[nH]1)NC(=O)[C@@H]1CCCN1C(=O)[C@H](CO)NC(=O)[C@H](CCCN=C(N)N)NC(=O)[C@@H](N)Cc1ccc(O)cc1)C(=O)N[C@@H](Cc1ccc(O)cc1)C(=O)O. The number of phenols is 2. The predicted molar refractivity (Wildman–Crippen MR) is 321 cm³/mol. The number of nitrogens with zero attached hydrogens (tertiary/aromatic N) is 3. The number of phenolic OH excluding ortho intramolecular Hbond substituents is 2. The smallest absolute Gasteiger partial charge is 0.326 e. The first-order chi connectivity index (χ1) is 42.9. The Morgan fingerprint density at radius 2 is 1.28 bits per heavy atom. The van der Waals surface area contributed by atoms with Gasteiger partial charge in [-0.05, 0) is 86.1 Å². The number of aromatic hydroxyl groups is 2. The summed E-state index contributed by atoms with van der Waals surface area (Å²) in [5, 5.41) is 80.4. The monoisotopic (exact) mass is 1250 g/mol. The Kier molecular flexibility index (Phi) is 25.5. The number of benzene rings is 3. The number of fused-ring (bicyclic) bond motifs is 1. The van der Waals surface area contributed by atoms with Crippen LogP contribution in [-0.4, -0.2) is 209 Å². The molecule has 1 aliphatic heterocycles. The predicted octanol–water partition coefficient (Wildman–Crippen LogP) is -5.10. The highest BCUT2D eigenvalue weighted by Gasteiger charge is 2.41. The van der Waals surface area contributed by atoms with E-state index in [1.165, 1.54) is 48.9 Å². The van der Waals surface area contributed by atoms with Gasteiger partial charge in [0.15, 0.2) is 5.96 Å². The van der Waals surface area contributed by atoms with Gasteiger partial charge >= 0.3 is 5.97 Å². The average Bonchev–Trinajstić information content (AvgIpc) is 2.53. The van der Waals surface area contributed by atoms with Crippen molar-refractivity contribution in [1.29, 1.82) is 0 Å². The summed E-state index contributed by atoms with van der Waals surface area (Å²) in [6, 6.07) is 5.01. The van der Waals surface area contributed by atoms with Crippen molar-refractivity contribution in [3.63, 3.8) is 0 Å². The molecule has 3 heterocycles. The number of guanidine groups is 1. The Balaban J connectivity index is 1.13. The molecule has 0 aliphatic carbocycles. The molecular weight excluding hydrogens is 1180 g/mol. The maximum atomic E-state index is 14.6. The van der Waals surface area contributed by atoms with Crippen LogP contribution in [0.15, 0.2) is 96.5 Å². The van der Waals surface area contributed by atoms with Crippen molar-refractivity contribution in [2.75, 3.05) is 32.8 Å². The number of nitrogens with one attached hydrogen (secondary N) is 10. The summed E-state index contributed by atoms with van der Waals surface area (Å²) in [6.45, 7) is -1.69. The first-order valence-electron chi connectivity index (χ1n) is 28.7. The van der Waals surface area contributed by atoms with E-state index < -0.39 is 139 Å². The number of imidazole rings is 1. The number of hydrogen-bond acceptors (Lipinski definition) is 18. The van der Waals surface area contributed by atoms with Crippen molar-refractivity contribution in [2.45, 2.75) is 119 Å². The van der Waals surface area contributed by atoms with Gasteiger partial charge in [-0.1, -0.05) is 42.5 Å². The van der Waals surface area contributed by atoms with Crippen LogP contribution in [0.4, 0.5) is 0 Å². The van der Waals surface area contributed by atoms with Crippen LogP contribution in [0, 0.1) is 0 Å². The number of carbonyl (C=O) groups is 10. The summed E-state index contributed by atoms with van der Waals surface area (Å²) in [7, 11) is 0. The molecule has 3 aromatic carbocycles. The van der Waals surface area contributed by atoms with Gasteiger partial charge < -0.3 is 105 Å². The molecule has 1 fully saturated rings. The van der Waals surface area contributed by atoms with Crippen LogP contribution in [0.25, 0.3) is 10.9 Å².